The van der Waals surface area contributed by atoms with Gasteiger partial charge in [-0.15, -0.1) is 0 Å². The molecular formula is C15H30N2O. The summed E-state index contributed by atoms with van der Waals surface area (Å²) in [6.07, 6.45) is 5.49. The number of hydrogen-bond donors (Lipinski definition) is 1. The first-order chi connectivity index (χ1) is 8.70. The van der Waals surface area contributed by atoms with Crippen LogP contribution in [0.25, 0.3) is 0 Å². The molecule has 1 heterocycles. The Labute approximate surface area is 112 Å². The van der Waals surface area contributed by atoms with Crippen LogP contribution in [0.15, 0.2) is 0 Å². The van der Waals surface area contributed by atoms with E-state index in [1.54, 1.807) is 0 Å². The van der Waals surface area contributed by atoms with Crippen molar-refractivity contribution in [3.63, 3.8) is 0 Å². The second kappa shape index (κ2) is 6.88. The van der Waals surface area contributed by atoms with E-state index in [4.69, 9.17) is 4.74 Å². The van der Waals surface area contributed by atoms with Crippen molar-refractivity contribution in [2.45, 2.75) is 51.6 Å². The molecule has 1 atom stereocenters. The van der Waals surface area contributed by atoms with Gasteiger partial charge in [0, 0.05) is 32.3 Å². The first-order valence-corrected chi connectivity index (χ1v) is 7.67. The minimum absolute atomic E-state index is 0.722. The Kier molecular flexibility index (Phi) is 5.46. The highest BCUT2D eigenvalue weighted by atomic mass is 16.5. The highest BCUT2D eigenvalue weighted by Gasteiger charge is 2.35. The fourth-order valence-electron chi connectivity index (χ4n) is 3.30. The van der Waals surface area contributed by atoms with Gasteiger partial charge in [0.05, 0.1) is 6.61 Å². The molecule has 2 fully saturated rings. The Morgan fingerprint density at radius 2 is 2.11 bits per heavy atom. The lowest BCUT2D eigenvalue weighted by Gasteiger charge is -2.45. The normalized spacial score (nSPS) is 32.2. The van der Waals surface area contributed by atoms with E-state index in [0.29, 0.717) is 0 Å². The summed E-state index contributed by atoms with van der Waals surface area (Å²) in [5.74, 6) is 1.81. The summed E-state index contributed by atoms with van der Waals surface area (Å²) in [5.41, 5.74) is 0. The van der Waals surface area contributed by atoms with E-state index in [1.807, 2.05) is 7.11 Å². The van der Waals surface area contributed by atoms with Gasteiger partial charge in [-0.3, -0.25) is 4.90 Å². The Morgan fingerprint density at radius 3 is 2.67 bits per heavy atom. The summed E-state index contributed by atoms with van der Waals surface area (Å²) in [6, 6.07) is 1.54. The average molecular weight is 254 g/mol. The van der Waals surface area contributed by atoms with Gasteiger partial charge in [-0.25, -0.2) is 0 Å². The number of nitrogens with zero attached hydrogens (tertiary/aromatic N) is 1. The molecule has 1 unspecified atom stereocenters. The third kappa shape index (κ3) is 3.69. The first-order valence-electron chi connectivity index (χ1n) is 7.67. The summed E-state index contributed by atoms with van der Waals surface area (Å²) in [6.45, 7) is 9.12. The van der Waals surface area contributed by atoms with Gasteiger partial charge in [0.25, 0.3) is 0 Å². The van der Waals surface area contributed by atoms with Gasteiger partial charge in [-0.2, -0.15) is 0 Å². The fraction of sp³-hybridized carbons (Fsp3) is 1.00. The van der Waals surface area contributed by atoms with Crippen molar-refractivity contribution < 1.29 is 4.74 Å². The number of methoxy groups -OCH3 is 1. The molecule has 0 bridgehead atoms. The molecule has 1 N–H and O–H groups in total. The van der Waals surface area contributed by atoms with Gasteiger partial charge in [0.2, 0.25) is 0 Å². The second-order valence-corrected chi connectivity index (χ2v) is 6.41. The Hall–Kier alpha value is -0.120. The molecule has 1 saturated heterocycles. The van der Waals surface area contributed by atoms with Crippen LogP contribution in [-0.2, 0) is 4.74 Å². The maximum atomic E-state index is 5.27. The molecule has 0 aromatic carbocycles. The van der Waals surface area contributed by atoms with Crippen LogP contribution >= 0.6 is 0 Å². The van der Waals surface area contributed by atoms with Crippen molar-refractivity contribution in [1.29, 1.82) is 0 Å². The molecule has 3 nitrogen and oxygen atoms in total. The van der Waals surface area contributed by atoms with Crippen LogP contribution in [0.2, 0.25) is 0 Å². The van der Waals surface area contributed by atoms with Gasteiger partial charge >= 0.3 is 0 Å². The average Bonchev–Trinajstić information content (AvgIpc) is 2.75. The number of hydrogen-bond acceptors (Lipinski definition) is 3. The van der Waals surface area contributed by atoms with Crippen molar-refractivity contribution >= 4 is 0 Å². The smallest absolute Gasteiger partial charge is 0.0589 e. The maximum Gasteiger partial charge on any atom is 0.0589 e. The van der Waals surface area contributed by atoms with Crippen molar-refractivity contribution in [2.75, 3.05) is 33.4 Å². The molecule has 106 valence electrons. The maximum absolute atomic E-state index is 5.27. The zero-order chi connectivity index (χ0) is 13.0. The molecule has 2 rings (SSSR count). The van der Waals surface area contributed by atoms with E-state index >= 15 is 0 Å². The third-order valence-corrected chi connectivity index (χ3v) is 4.81. The molecule has 0 aromatic rings. The molecule has 0 spiro atoms. The second-order valence-electron chi connectivity index (χ2n) is 6.41. The topological polar surface area (TPSA) is 24.5 Å². The lowest BCUT2D eigenvalue weighted by Crippen LogP contribution is -2.51. The van der Waals surface area contributed by atoms with Crippen LogP contribution in [0.4, 0.5) is 0 Å². The van der Waals surface area contributed by atoms with Gasteiger partial charge < -0.3 is 10.1 Å². The van der Waals surface area contributed by atoms with Crippen molar-refractivity contribution in [2.24, 2.45) is 11.8 Å². The lowest BCUT2D eigenvalue weighted by atomic mass is 9.73. The van der Waals surface area contributed by atoms with Crippen LogP contribution in [0.1, 0.15) is 39.5 Å². The zero-order valence-corrected chi connectivity index (χ0v) is 12.3. The highest BCUT2D eigenvalue weighted by molar-refractivity contribution is 4.90. The summed E-state index contributed by atoms with van der Waals surface area (Å²) < 4.78 is 5.27. The van der Waals surface area contributed by atoms with Gasteiger partial charge in [-0.05, 0) is 44.1 Å². The van der Waals surface area contributed by atoms with Gasteiger partial charge in [-0.1, -0.05) is 13.8 Å². The largest absolute Gasteiger partial charge is 0.383 e. The summed E-state index contributed by atoms with van der Waals surface area (Å²) in [7, 11) is 1.81. The van der Waals surface area contributed by atoms with E-state index in [9.17, 15) is 0 Å². The lowest BCUT2D eigenvalue weighted by molar-refractivity contribution is 0.0317. The van der Waals surface area contributed by atoms with E-state index in [0.717, 1.165) is 37.1 Å². The summed E-state index contributed by atoms with van der Waals surface area (Å²) >= 11 is 0. The molecule has 0 amide bonds. The molecule has 1 aliphatic heterocycles. The van der Waals surface area contributed by atoms with E-state index in [1.165, 1.54) is 38.8 Å². The summed E-state index contributed by atoms with van der Waals surface area (Å²) in [4.78, 5) is 2.67. The van der Waals surface area contributed by atoms with Crippen LogP contribution in [-0.4, -0.2) is 50.3 Å². The Balaban J connectivity index is 1.77. The van der Waals surface area contributed by atoms with Crippen LogP contribution in [0.3, 0.4) is 0 Å². The van der Waals surface area contributed by atoms with E-state index in [-0.39, 0.29) is 0 Å². The molecule has 2 aliphatic rings. The fourth-order valence-corrected chi connectivity index (χ4v) is 3.30. The summed E-state index contributed by atoms with van der Waals surface area (Å²) in [5, 5.41) is 3.62. The zero-order valence-electron chi connectivity index (χ0n) is 12.3. The number of ether oxygens (including phenoxy) is 1. The minimum Gasteiger partial charge on any atom is -0.383 e. The van der Waals surface area contributed by atoms with E-state index in [2.05, 4.69) is 24.1 Å². The molecule has 3 heteroatoms. The molecule has 0 radical (unpaired) electrons. The molecule has 1 aliphatic carbocycles. The van der Waals surface area contributed by atoms with Crippen LogP contribution in [0, 0.1) is 11.8 Å². The standard InChI is InChI=1S/C15H30N2O/c1-12(2)13-9-15(10-13)17(7-8-18-3)11-14-5-4-6-16-14/h12-16H,4-11H2,1-3H3. The van der Waals surface area contributed by atoms with Gasteiger partial charge in [0.1, 0.15) is 0 Å². The first kappa shape index (κ1) is 14.3. The van der Waals surface area contributed by atoms with Crippen molar-refractivity contribution in [3.8, 4) is 0 Å². The minimum atomic E-state index is 0.722. The molecule has 0 aromatic heterocycles. The number of rotatable bonds is 7. The third-order valence-electron chi connectivity index (χ3n) is 4.81. The molecular weight excluding hydrogens is 224 g/mol. The Bertz CT molecular complexity index is 233. The predicted octanol–water partition coefficient (Wildman–Crippen LogP) is 2.12. The quantitative estimate of drug-likeness (QED) is 0.753. The predicted molar refractivity (Wildman–Crippen MR) is 75.8 cm³/mol. The van der Waals surface area contributed by atoms with Crippen LogP contribution < -0.4 is 5.32 Å². The molecule has 18 heavy (non-hydrogen) atoms. The van der Waals surface area contributed by atoms with Crippen molar-refractivity contribution in [1.82, 2.24) is 10.2 Å². The van der Waals surface area contributed by atoms with Crippen LogP contribution in [0.5, 0.6) is 0 Å². The Morgan fingerprint density at radius 1 is 1.33 bits per heavy atom. The SMILES string of the molecule is COCCN(CC1CCCN1)C1CC(C(C)C)C1. The highest BCUT2D eigenvalue weighted by Crippen LogP contribution is 2.37. The monoisotopic (exact) mass is 254 g/mol. The molecule has 1 saturated carbocycles. The number of nitrogens with one attached hydrogen (secondary N) is 1. The van der Waals surface area contributed by atoms with Gasteiger partial charge in [0.15, 0.2) is 0 Å². The van der Waals surface area contributed by atoms with E-state index < -0.39 is 0 Å². The van der Waals surface area contributed by atoms with Crippen molar-refractivity contribution in [3.05, 3.63) is 0 Å².